The SMILES string of the molecule is COc1ccc(NC(=O)COc2ccc(Cl)cc2S(=O)(=O)N2CCOCC2)cc1. The third-order valence-electron chi connectivity index (χ3n) is 4.23. The van der Waals surface area contributed by atoms with E-state index >= 15 is 0 Å². The average molecular weight is 441 g/mol. The molecule has 0 aliphatic carbocycles. The van der Waals surface area contributed by atoms with Gasteiger partial charge in [-0.05, 0) is 42.5 Å². The number of sulfonamides is 1. The zero-order valence-corrected chi connectivity index (χ0v) is 17.3. The first-order valence-electron chi connectivity index (χ1n) is 8.84. The van der Waals surface area contributed by atoms with E-state index in [1.807, 2.05) is 0 Å². The topological polar surface area (TPSA) is 94.2 Å². The van der Waals surface area contributed by atoms with Gasteiger partial charge in [0, 0.05) is 23.8 Å². The molecule has 1 amide bonds. The largest absolute Gasteiger partial charge is 0.497 e. The molecule has 156 valence electrons. The second-order valence-electron chi connectivity index (χ2n) is 6.17. The van der Waals surface area contributed by atoms with Gasteiger partial charge in [-0.15, -0.1) is 0 Å². The van der Waals surface area contributed by atoms with Crippen LogP contribution in [0.25, 0.3) is 0 Å². The van der Waals surface area contributed by atoms with Crippen LogP contribution in [0.15, 0.2) is 47.4 Å². The molecular formula is C19H21ClN2O6S. The van der Waals surface area contributed by atoms with Gasteiger partial charge in [0.2, 0.25) is 10.0 Å². The first kappa shape index (κ1) is 21.4. The van der Waals surface area contributed by atoms with Crippen LogP contribution in [0.5, 0.6) is 11.5 Å². The Morgan fingerprint density at radius 3 is 2.52 bits per heavy atom. The predicted molar refractivity (Wildman–Crippen MR) is 108 cm³/mol. The lowest BCUT2D eigenvalue weighted by Gasteiger charge is -2.26. The highest BCUT2D eigenvalue weighted by Gasteiger charge is 2.29. The van der Waals surface area contributed by atoms with Crippen LogP contribution >= 0.6 is 11.6 Å². The van der Waals surface area contributed by atoms with Gasteiger partial charge in [-0.2, -0.15) is 4.31 Å². The van der Waals surface area contributed by atoms with Crippen molar-refractivity contribution in [3.63, 3.8) is 0 Å². The molecule has 10 heteroatoms. The number of nitrogens with one attached hydrogen (secondary N) is 1. The number of amides is 1. The van der Waals surface area contributed by atoms with E-state index < -0.39 is 15.9 Å². The van der Waals surface area contributed by atoms with E-state index in [9.17, 15) is 13.2 Å². The van der Waals surface area contributed by atoms with Crippen LogP contribution in [0.2, 0.25) is 5.02 Å². The summed E-state index contributed by atoms with van der Waals surface area (Å²) in [6.07, 6.45) is 0. The smallest absolute Gasteiger partial charge is 0.262 e. The number of carbonyl (C=O) groups is 1. The number of hydrogen-bond donors (Lipinski definition) is 1. The molecule has 1 heterocycles. The van der Waals surface area contributed by atoms with Crippen molar-refractivity contribution in [2.45, 2.75) is 4.90 Å². The van der Waals surface area contributed by atoms with E-state index in [0.717, 1.165) is 0 Å². The lowest BCUT2D eigenvalue weighted by atomic mass is 10.3. The van der Waals surface area contributed by atoms with Crippen molar-refractivity contribution < 1.29 is 27.4 Å². The summed E-state index contributed by atoms with van der Waals surface area (Å²) in [5, 5.41) is 2.93. The summed E-state index contributed by atoms with van der Waals surface area (Å²) in [6.45, 7) is 0.762. The predicted octanol–water partition coefficient (Wildman–Crippen LogP) is 2.39. The van der Waals surface area contributed by atoms with Gasteiger partial charge in [0.25, 0.3) is 5.91 Å². The molecule has 1 aliphatic rings. The Morgan fingerprint density at radius 1 is 1.17 bits per heavy atom. The lowest BCUT2D eigenvalue weighted by molar-refractivity contribution is -0.118. The molecule has 3 rings (SSSR count). The summed E-state index contributed by atoms with van der Waals surface area (Å²) in [7, 11) is -2.28. The molecule has 1 saturated heterocycles. The van der Waals surface area contributed by atoms with Crippen LogP contribution in [0, 0.1) is 0 Å². The fraction of sp³-hybridized carbons (Fsp3) is 0.316. The molecule has 1 fully saturated rings. The van der Waals surface area contributed by atoms with Gasteiger partial charge in [0.05, 0.1) is 20.3 Å². The number of anilines is 1. The number of ether oxygens (including phenoxy) is 3. The standard InChI is InChI=1S/C19H21ClN2O6S/c1-26-16-5-3-15(4-6-16)21-19(23)13-28-17-7-2-14(20)12-18(17)29(24,25)22-8-10-27-11-9-22/h2-7,12H,8-11,13H2,1H3,(H,21,23). The Kier molecular flexibility index (Phi) is 6.96. The maximum atomic E-state index is 13.0. The van der Waals surface area contributed by atoms with Crippen LogP contribution in [0.4, 0.5) is 5.69 Å². The van der Waals surface area contributed by atoms with Crippen molar-refractivity contribution in [3.05, 3.63) is 47.5 Å². The van der Waals surface area contributed by atoms with Gasteiger partial charge in [0.15, 0.2) is 6.61 Å². The molecule has 1 aliphatic heterocycles. The normalized spacial score (nSPS) is 15.0. The maximum Gasteiger partial charge on any atom is 0.262 e. The highest BCUT2D eigenvalue weighted by atomic mass is 35.5. The molecule has 29 heavy (non-hydrogen) atoms. The molecule has 0 atom stereocenters. The molecule has 0 unspecified atom stereocenters. The van der Waals surface area contributed by atoms with Crippen molar-refractivity contribution in [1.82, 2.24) is 4.31 Å². The van der Waals surface area contributed by atoms with Gasteiger partial charge < -0.3 is 19.5 Å². The van der Waals surface area contributed by atoms with Crippen molar-refractivity contribution in [1.29, 1.82) is 0 Å². The Hall–Kier alpha value is -2.33. The fourth-order valence-electron chi connectivity index (χ4n) is 2.74. The van der Waals surface area contributed by atoms with Crippen LogP contribution in [-0.2, 0) is 19.6 Å². The molecule has 2 aromatic carbocycles. The molecule has 0 spiro atoms. The van der Waals surface area contributed by atoms with Crippen LogP contribution < -0.4 is 14.8 Å². The molecule has 1 N–H and O–H groups in total. The monoisotopic (exact) mass is 440 g/mol. The Balaban J connectivity index is 1.71. The minimum absolute atomic E-state index is 0.0609. The van der Waals surface area contributed by atoms with E-state index in [2.05, 4.69) is 5.32 Å². The Labute approximate surface area is 174 Å². The Morgan fingerprint density at radius 2 is 1.86 bits per heavy atom. The van der Waals surface area contributed by atoms with Gasteiger partial charge in [-0.1, -0.05) is 11.6 Å². The van der Waals surface area contributed by atoms with E-state index in [1.54, 1.807) is 31.4 Å². The van der Waals surface area contributed by atoms with Crippen molar-refractivity contribution >= 4 is 33.2 Å². The second-order valence-corrected chi connectivity index (χ2v) is 8.52. The van der Waals surface area contributed by atoms with E-state index in [4.69, 9.17) is 25.8 Å². The number of benzene rings is 2. The highest BCUT2D eigenvalue weighted by molar-refractivity contribution is 7.89. The molecule has 0 saturated carbocycles. The zero-order valence-electron chi connectivity index (χ0n) is 15.8. The van der Waals surface area contributed by atoms with Gasteiger partial charge in [-0.25, -0.2) is 8.42 Å². The van der Waals surface area contributed by atoms with Gasteiger partial charge >= 0.3 is 0 Å². The number of nitrogens with zero attached hydrogens (tertiary/aromatic N) is 1. The van der Waals surface area contributed by atoms with Crippen LogP contribution in [0.1, 0.15) is 0 Å². The number of morpholine rings is 1. The number of rotatable bonds is 7. The summed E-state index contributed by atoms with van der Waals surface area (Å²) >= 11 is 6.00. The second kappa shape index (κ2) is 9.45. The van der Waals surface area contributed by atoms with Gasteiger partial charge in [-0.3, -0.25) is 4.79 Å². The zero-order chi connectivity index (χ0) is 20.9. The molecular weight excluding hydrogens is 420 g/mol. The highest BCUT2D eigenvalue weighted by Crippen LogP contribution is 2.30. The number of carbonyl (C=O) groups excluding carboxylic acids is 1. The third kappa shape index (κ3) is 5.39. The number of methoxy groups -OCH3 is 1. The first-order valence-corrected chi connectivity index (χ1v) is 10.7. The summed E-state index contributed by atoms with van der Waals surface area (Å²) < 4.78 is 43.1. The minimum Gasteiger partial charge on any atom is -0.497 e. The summed E-state index contributed by atoms with van der Waals surface area (Å²) in [5.74, 6) is 0.295. The molecule has 8 nitrogen and oxygen atoms in total. The summed E-state index contributed by atoms with van der Waals surface area (Å²) in [6, 6.07) is 11.1. The van der Waals surface area contributed by atoms with Crippen molar-refractivity contribution in [3.8, 4) is 11.5 Å². The average Bonchev–Trinajstić information content (AvgIpc) is 2.74. The van der Waals surface area contributed by atoms with E-state index in [0.29, 0.717) is 24.7 Å². The lowest BCUT2D eigenvalue weighted by Crippen LogP contribution is -2.40. The minimum atomic E-state index is -3.83. The molecule has 0 radical (unpaired) electrons. The Bertz CT molecular complexity index is 959. The molecule has 0 bridgehead atoms. The van der Waals surface area contributed by atoms with E-state index in [-0.39, 0.29) is 35.4 Å². The third-order valence-corrected chi connectivity index (χ3v) is 6.38. The number of hydrogen-bond acceptors (Lipinski definition) is 6. The van der Waals surface area contributed by atoms with Gasteiger partial charge in [0.1, 0.15) is 16.4 Å². The quantitative estimate of drug-likeness (QED) is 0.710. The van der Waals surface area contributed by atoms with Crippen molar-refractivity contribution in [2.24, 2.45) is 0 Å². The van der Waals surface area contributed by atoms with Crippen LogP contribution in [-0.4, -0.2) is 58.7 Å². The first-order chi connectivity index (χ1) is 13.9. The molecule has 0 aromatic heterocycles. The van der Waals surface area contributed by atoms with E-state index in [1.165, 1.54) is 22.5 Å². The van der Waals surface area contributed by atoms with Crippen molar-refractivity contribution in [2.75, 3.05) is 45.3 Å². The summed E-state index contributed by atoms with van der Waals surface area (Å²) in [5.41, 5.74) is 0.566. The fourth-order valence-corrected chi connectivity index (χ4v) is 4.55. The summed E-state index contributed by atoms with van der Waals surface area (Å²) in [4.78, 5) is 12.1. The number of halogens is 1. The van der Waals surface area contributed by atoms with Crippen LogP contribution in [0.3, 0.4) is 0 Å². The maximum absolute atomic E-state index is 13.0. The molecule has 2 aromatic rings.